The van der Waals surface area contributed by atoms with Gasteiger partial charge in [0.25, 0.3) is 0 Å². The molecule has 0 radical (unpaired) electrons. The molecule has 0 saturated carbocycles. The molecule has 2 atom stereocenters. The lowest BCUT2D eigenvalue weighted by Gasteiger charge is -2.37. The van der Waals surface area contributed by atoms with Crippen LogP contribution in [-0.2, 0) is 9.53 Å². The zero-order valence-corrected chi connectivity index (χ0v) is 11.3. The van der Waals surface area contributed by atoms with Crippen molar-refractivity contribution >= 4 is 5.97 Å². The van der Waals surface area contributed by atoms with Gasteiger partial charge in [0.15, 0.2) is 0 Å². The van der Waals surface area contributed by atoms with E-state index in [0.29, 0.717) is 6.42 Å². The number of rotatable bonds is 3. The van der Waals surface area contributed by atoms with Crippen LogP contribution in [0.4, 0.5) is 0 Å². The Bertz CT molecular complexity index is 294. The molecule has 3 heteroatoms. The third-order valence-corrected chi connectivity index (χ3v) is 4.07. The smallest absolute Gasteiger partial charge is 0.309 e. The van der Waals surface area contributed by atoms with Crippen LogP contribution >= 0.6 is 0 Å². The Hall–Kier alpha value is -0.570. The maximum atomic E-state index is 11.5. The Kier molecular flexibility index (Phi) is 3.14. The molecule has 16 heavy (non-hydrogen) atoms. The summed E-state index contributed by atoms with van der Waals surface area (Å²) in [5.74, 6) is -0.660. The lowest BCUT2D eigenvalue weighted by atomic mass is 9.66. The second kappa shape index (κ2) is 3.73. The van der Waals surface area contributed by atoms with Gasteiger partial charge in [0.1, 0.15) is 0 Å². The van der Waals surface area contributed by atoms with E-state index in [1.165, 1.54) is 0 Å². The van der Waals surface area contributed by atoms with Crippen LogP contribution < -0.4 is 0 Å². The molecule has 0 bridgehead atoms. The van der Waals surface area contributed by atoms with Gasteiger partial charge in [-0.3, -0.25) is 4.79 Å². The Morgan fingerprint density at radius 1 is 1.44 bits per heavy atom. The van der Waals surface area contributed by atoms with Crippen LogP contribution in [-0.4, -0.2) is 22.3 Å². The summed E-state index contributed by atoms with van der Waals surface area (Å²) in [6.45, 7) is 11.9. The van der Waals surface area contributed by atoms with E-state index in [1.807, 2.05) is 41.5 Å². The average Bonchev–Trinajstić information content (AvgIpc) is 2.33. The van der Waals surface area contributed by atoms with Gasteiger partial charge in [-0.25, -0.2) is 0 Å². The van der Waals surface area contributed by atoms with Gasteiger partial charge in [0.05, 0.1) is 16.6 Å². The van der Waals surface area contributed by atoms with E-state index in [1.54, 1.807) is 0 Å². The molecule has 1 rings (SSSR count). The van der Waals surface area contributed by atoms with Gasteiger partial charge in [-0.15, -0.1) is 0 Å². The molecule has 0 amide bonds. The molecule has 1 aliphatic rings. The Morgan fingerprint density at radius 3 is 2.19 bits per heavy atom. The minimum Gasteiger partial charge on any atom is -0.481 e. The number of ether oxygens (including phenoxy) is 1. The van der Waals surface area contributed by atoms with E-state index in [-0.39, 0.29) is 17.1 Å². The van der Waals surface area contributed by atoms with Gasteiger partial charge < -0.3 is 9.84 Å². The Morgan fingerprint density at radius 2 is 1.94 bits per heavy atom. The first kappa shape index (κ1) is 13.5. The number of aliphatic carboxylic acids is 1. The van der Waals surface area contributed by atoms with E-state index in [2.05, 4.69) is 0 Å². The van der Waals surface area contributed by atoms with Crippen LogP contribution in [0, 0.1) is 11.3 Å². The zero-order chi connectivity index (χ0) is 12.8. The first-order valence-corrected chi connectivity index (χ1v) is 5.99. The largest absolute Gasteiger partial charge is 0.481 e. The molecular formula is C13H24O3. The summed E-state index contributed by atoms with van der Waals surface area (Å²) >= 11 is 0. The Labute approximate surface area is 98.2 Å². The quantitative estimate of drug-likeness (QED) is 0.807. The number of carbonyl (C=O) groups is 1. The molecule has 0 aliphatic carbocycles. The molecule has 0 spiro atoms. The van der Waals surface area contributed by atoms with Crippen molar-refractivity contribution in [3.8, 4) is 0 Å². The van der Waals surface area contributed by atoms with Gasteiger partial charge in [0.2, 0.25) is 0 Å². The second-order valence-electron chi connectivity index (χ2n) is 6.30. The second-order valence-corrected chi connectivity index (χ2v) is 6.30. The molecule has 94 valence electrons. The van der Waals surface area contributed by atoms with Crippen LogP contribution in [0.15, 0.2) is 0 Å². The van der Waals surface area contributed by atoms with Crippen LogP contribution in [0.3, 0.4) is 0 Å². The van der Waals surface area contributed by atoms with E-state index < -0.39 is 11.4 Å². The zero-order valence-electron chi connectivity index (χ0n) is 11.3. The highest BCUT2D eigenvalue weighted by molar-refractivity contribution is 5.74. The molecule has 1 saturated heterocycles. The van der Waals surface area contributed by atoms with Crippen molar-refractivity contribution in [2.45, 2.75) is 65.6 Å². The van der Waals surface area contributed by atoms with Crippen LogP contribution in [0.2, 0.25) is 0 Å². The minimum atomic E-state index is -0.714. The molecule has 1 heterocycles. The summed E-state index contributed by atoms with van der Waals surface area (Å²) in [5, 5.41) is 9.44. The fourth-order valence-corrected chi connectivity index (χ4v) is 3.10. The summed E-state index contributed by atoms with van der Waals surface area (Å²) < 4.78 is 5.98. The molecular weight excluding hydrogens is 204 g/mol. The van der Waals surface area contributed by atoms with Crippen molar-refractivity contribution in [2.24, 2.45) is 11.3 Å². The number of hydrogen-bond acceptors (Lipinski definition) is 2. The summed E-state index contributed by atoms with van der Waals surface area (Å²) in [6.07, 6.45) is 1.44. The monoisotopic (exact) mass is 228 g/mol. The highest BCUT2D eigenvalue weighted by Gasteiger charge is 2.55. The highest BCUT2D eigenvalue weighted by Crippen LogP contribution is 2.51. The third-order valence-electron chi connectivity index (χ3n) is 4.07. The lowest BCUT2D eigenvalue weighted by molar-refractivity contribution is -0.157. The number of carboxylic acid groups (broad SMARTS) is 1. The van der Waals surface area contributed by atoms with Gasteiger partial charge >= 0.3 is 5.97 Å². The van der Waals surface area contributed by atoms with E-state index in [9.17, 15) is 9.90 Å². The summed E-state index contributed by atoms with van der Waals surface area (Å²) in [7, 11) is 0. The molecule has 2 unspecified atom stereocenters. The van der Waals surface area contributed by atoms with Gasteiger partial charge in [-0.2, -0.15) is 0 Å². The maximum absolute atomic E-state index is 11.5. The maximum Gasteiger partial charge on any atom is 0.309 e. The first-order valence-electron chi connectivity index (χ1n) is 5.99. The molecule has 1 aliphatic heterocycles. The SMILES string of the molecule is CCC(C)(C(=O)O)C1CC(C)(C)OC1(C)C. The van der Waals surface area contributed by atoms with E-state index in [4.69, 9.17) is 4.74 Å². The van der Waals surface area contributed by atoms with Crippen LogP contribution in [0.25, 0.3) is 0 Å². The topological polar surface area (TPSA) is 46.5 Å². The van der Waals surface area contributed by atoms with Crippen LogP contribution in [0.5, 0.6) is 0 Å². The van der Waals surface area contributed by atoms with Gasteiger partial charge in [-0.1, -0.05) is 6.92 Å². The average molecular weight is 228 g/mol. The summed E-state index contributed by atoms with van der Waals surface area (Å²) in [5.41, 5.74) is -1.29. The normalized spacial score (nSPS) is 31.0. The molecule has 1 N–H and O–H groups in total. The van der Waals surface area contributed by atoms with Gasteiger partial charge in [-0.05, 0) is 47.5 Å². The van der Waals surface area contributed by atoms with Gasteiger partial charge in [0, 0.05) is 5.92 Å². The fraction of sp³-hybridized carbons (Fsp3) is 0.923. The molecule has 0 aromatic carbocycles. The standard InChI is InChI=1S/C13H24O3/c1-7-13(6,10(14)15)9-8-11(2,3)16-12(9,4)5/h9H,7-8H2,1-6H3,(H,14,15). The van der Waals surface area contributed by atoms with E-state index in [0.717, 1.165) is 6.42 Å². The minimum absolute atomic E-state index is 0.0532. The Balaban J connectivity index is 3.08. The lowest BCUT2D eigenvalue weighted by Crippen LogP contribution is -2.44. The van der Waals surface area contributed by atoms with Crippen molar-refractivity contribution in [2.75, 3.05) is 0 Å². The molecule has 0 aromatic rings. The predicted molar refractivity (Wildman–Crippen MR) is 63.4 cm³/mol. The highest BCUT2D eigenvalue weighted by atomic mass is 16.5. The van der Waals surface area contributed by atoms with Crippen molar-refractivity contribution in [3.63, 3.8) is 0 Å². The summed E-state index contributed by atoms with van der Waals surface area (Å²) in [4.78, 5) is 11.5. The number of hydrogen-bond donors (Lipinski definition) is 1. The van der Waals surface area contributed by atoms with Crippen LogP contribution in [0.1, 0.15) is 54.4 Å². The predicted octanol–water partition coefficient (Wildman–Crippen LogP) is 3.08. The molecule has 0 aromatic heterocycles. The fourth-order valence-electron chi connectivity index (χ4n) is 3.10. The first-order chi connectivity index (χ1) is 7.05. The summed E-state index contributed by atoms with van der Waals surface area (Å²) in [6, 6.07) is 0. The third kappa shape index (κ3) is 2.10. The van der Waals surface area contributed by atoms with Crippen molar-refractivity contribution in [3.05, 3.63) is 0 Å². The van der Waals surface area contributed by atoms with Crippen molar-refractivity contribution < 1.29 is 14.6 Å². The number of carboxylic acids is 1. The van der Waals surface area contributed by atoms with E-state index >= 15 is 0 Å². The van der Waals surface area contributed by atoms with Crippen molar-refractivity contribution in [1.82, 2.24) is 0 Å². The molecule has 3 nitrogen and oxygen atoms in total. The molecule has 1 fully saturated rings. The van der Waals surface area contributed by atoms with Crippen molar-refractivity contribution in [1.29, 1.82) is 0 Å².